The summed E-state index contributed by atoms with van der Waals surface area (Å²) in [5.41, 5.74) is 7.15. The maximum atomic E-state index is 5.74. The maximum Gasteiger partial charge on any atom is 0.0363 e. The van der Waals surface area contributed by atoms with Crippen LogP contribution in [0.3, 0.4) is 0 Å². The van der Waals surface area contributed by atoms with E-state index >= 15 is 0 Å². The number of hydrogen-bond donors (Lipinski definition) is 1. The van der Waals surface area contributed by atoms with Gasteiger partial charge in [0.15, 0.2) is 0 Å². The summed E-state index contributed by atoms with van der Waals surface area (Å²) >= 11 is 1.76. The van der Waals surface area contributed by atoms with Crippen molar-refractivity contribution in [1.29, 1.82) is 0 Å². The van der Waals surface area contributed by atoms with Crippen LogP contribution in [0.1, 0.15) is 30.3 Å². The molecule has 1 atom stereocenters. The predicted molar refractivity (Wildman–Crippen MR) is 46.3 cm³/mol. The Bertz CT molecular complexity index is 203. The predicted octanol–water partition coefficient (Wildman–Crippen LogP) is 2.33. The molecule has 1 aromatic rings. The van der Waals surface area contributed by atoms with Crippen LogP contribution in [0.2, 0.25) is 0 Å². The van der Waals surface area contributed by atoms with Crippen LogP contribution in [-0.4, -0.2) is 0 Å². The first kappa shape index (κ1) is 7.76. The molecular weight excluding hydrogens is 142 g/mol. The van der Waals surface area contributed by atoms with Crippen molar-refractivity contribution in [1.82, 2.24) is 0 Å². The molecule has 0 aliphatic carbocycles. The molecule has 1 rings (SSSR count). The standard InChI is InChI=1S/C8H13NS/c1-3-7-4-5-10-8(7)6(2)9/h4-6H,3,9H2,1-2H3. The fourth-order valence-electron chi connectivity index (χ4n) is 1.04. The highest BCUT2D eigenvalue weighted by Gasteiger charge is 2.05. The van der Waals surface area contributed by atoms with Crippen molar-refractivity contribution in [2.45, 2.75) is 26.3 Å². The molecule has 0 aliphatic heterocycles. The molecule has 56 valence electrons. The third-order valence-corrected chi connectivity index (χ3v) is 2.74. The Morgan fingerprint density at radius 3 is 2.80 bits per heavy atom. The summed E-state index contributed by atoms with van der Waals surface area (Å²) in [6.07, 6.45) is 1.10. The van der Waals surface area contributed by atoms with Crippen LogP contribution in [0.5, 0.6) is 0 Å². The number of thiophene rings is 1. The zero-order valence-electron chi connectivity index (χ0n) is 6.42. The molecule has 1 unspecified atom stereocenters. The molecule has 0 radical (unpaired) electrons. The minimum Gasteiger partial charge on any atom is -0.323 e. The molecule has 0 fully saturated rings. The molecule has 2 N–H and O–H groups in total. The number of nitrogens with two attached hydrogens (primary N) is 1. The van der Waals surface area contributed by atoms with E-state index in [0.29, 0.717) is 0 Å². The van der Waals surface area contributed by atoms with Crippen LogP contribution < -0.4 is 5.73 Å². The van der Waals surface area contributed by atoms with Crippen LogP contribution in [0, 0.1) is 0 Å². The van der Waals surface area contributed by atoms with Crippen LogP contribution >= 0.6 is 11.3 Å². The molecule has 1 nitrogen and oxygen atoms in total. The van der Waals surface area contributed by atoms with E-state index in [1.54, 1.807) is 11.3 Å². The highest BCUT2D eigenvalue weighted by atomic mass is 32.1. The van der Waals surface area contributed by atoms with Gasteiger partial charge in [-0.2, -0.15) is 0 Å². The topological polar surface area (TPSA) is 26.0 Å². The van der Waals surface area contributed by atoms with Crippen molar-refractivity contribution in [3.05, 3.63) is 21.9 Å². The van der Waals surface area contributed by atoms with Gasteiger partial charge in [-0.3, -0.25) is 0 Å². The molecule has 0 aromatic carbocycles. The number of rotatable bonds is 2. The zero-order valence-corrected chi connectivity index (χ0v) is 7.24. The van der Waals surface area contributed by atoms with E-state index < -0.39 is 0 Å². The van der Waals surface area contributed by atoms with Crippen molar-refractivity contribution in [3.63, 3.8) is 0 Å². The lowest BCUT2D eigenvalue weighted by Gasteiger charge is -2.03. The second-order valence-electron chi connectivity index (χ2n) is 2.45. The van der Waals surface area contributed by atoms with Crippen molar-refractivity contribution in [2.24, 2.45) is 5.73 Å². The Kier molecular flexibility index (Phi) is 2.46. The van der Waals surface area contributed by atoms with E-state index in [-0.39, 0.29) is 6.04 Å². The van der Waals surface area contributed by atoms with E-state index in [2.05, 4.69) is 18.4 Å². The van der Waals surface area contributed by atoms with Gasteiger partial charge in [0.25, 0.3) is 0 Å². The summed E-state index contributed by atoms with van der Waals surface area (Å²) in [5.74, 6) is 0. The van der Waals surface area contributed by atoms with Crippen molar-refractivity contribution < 1.29 is 0 Å². The molecule has 2 heteroatoms. The molecule has 1 heterocycles. The van der Waals surface area contributed by atoms with Gasteiger partial charge in [0.2, 0.25) is 0 Å². The third-order valence-electron chi connectivity index (χ3n) is 1.58. The lowest BCUT2D eigenvalue weighted by atomic mass is 10.1. The van der Waals surface area contributed by atoms with E-state index in [9.17, 15) is 0 Å². The van der Waals surface area contributed by atoms with Crippen LogP contribution in [-0.2, 0) is 6.42 Å². The Hall–Kier alpha value is -0.340. The largest absolute Gasteiger partial charge is 0.323 e. The quantitative estimate of drug-likeness (QED) is 0.697. The van der Waals surface area contributed by atoms with Crippen molar-refractivity contribution in [3.8, 4) is 0 Å². The molecule has 10 heavy (non-hydrogen) atoms. The van der Waals surface area contributed by atoms with Gasteiger partial charge in [0.05, 0.1) is 0 Å². The number of aryl methyl sites for hydroxylation is 1. The monoisotopic (exact) mass is 155 g/mol. The molecular formula is C8H13NS. The van der Waals surface area contributed by atoms with Gasteiger partial charge in [-0.15, -0.1) is 11.3 Å². The van der Waals surface area contributed by atoms with Crippen LogP contribution in [0.25, 0.3) is 0 Å². The van der Waals surface area contributed by atoms with Crippen LogP contribution in [0.15, 0.2) is 11.4 Å². The van der Waals surface area contributed by atoms with Gasteiger partial charge in [-0.25, -0.2) is 0 Å². The summed E-state index contributed by atoms with van der Waals surface area (Å²) in [6.45, 7) is 4.19. The normalized spacial score (nSPS) is 13.5. The molecule has 0 saturated carbocycles. The van der Waals surface area contributed by atoms with Gasteiger partial charge < -0.3 is 5.73 Å². The first-order valence-corrected chi connectivity index (χ1v) is 4.45. The minimum absolute atomic E-state index is 0.204. The van der Waals surface area contributed by atoms with Gasteiger partial charge in [0.1, 0.15) is 0 Å². The second-order valence-corrected chi connectivity index (χ2v) is 3.40. The van der Waals surface area contributed by atoms with E-state index in [1.165, 1.54) is 10.4 Å². The van der Waals surface area contributed by atoms with E-state index in [4.69, 9.17) is 5.73 Å². The lowest BCUT2D eigenvalue weighted by Crippen LogP contribution is -2.04. The second kappa shape index (κ2) is 3.17. The maximum absolute atomic E-state index is 5.74. The Morgan fingerprint density at radius 1 is 1.70 bits per heavy atom. The average Bonchev–Trinajstić information content (AvgIpc) is 2.33. The third kappa shape index (κ3) is 1.39. The fourth-order valence-corrected chi connectivity index (χ4v) is 2.00. The summed E-state index contributed by atoms with van der Waals surface area (Å²) in [4.78, 5) is 1.34. The van der Waals surface area contributed by atoms with Gasteiger partial charge in [0, 0.05) is 10.9 Å². The Balaban J connectivity index is 2.90. The van der Waals surface area contributed by atoms with E-state index in [0.717, 1.165) is 6.42 Å². The molecule has 0 amide bonds. The van der Waals surface area contributed by atoms with E-state index in [1.807, 2.05) is 6.92 Å². The van der Waals surface area contributed by atoms with Gasteiger partial charge in [-0.1, -0.05) is 6.92 Å². The first-order chi connectivity index (χ1) is 4.75. The smallest absolute Gasteiger partial charge is 0.0363 e. The van der Waals surface area contributed by atoms with Gasteiger partial charge >= 0.3 is 0 Å². The molecule has 1 aromatic heterocycles. The van der Waals surface area contributed by atoms with Crippen molar-refractivity contribution in [2.75, 3.05) is 0 Å². The first-order valence-electron chi connectivity index (χ1n) is 3.57. The molecule has 0 bridgehead atoms. The highest BCUT2D eigenvalue weighted by molar-refractivity contribution is 7.10. The lowest BCUT2D eigenvalue weighted by molar-refractivity contribution is 0.823. The summed E-state index contributed by atoms with van der Waals surface area (Å²) < 4.78 is 0. The van der Waals surface area contributed by atoms with Crippen LogP contribution in [0.4, 0.5) is 0 Å². The summed E-state index contributed by atoms with van der Waals surface area (Å²) in [7, 11) is 0. The molecule has 0 aliphatic rings. The summed E-state index contributed by atoms with van der Waals surface area (Å²) in [6, 6.07) is 2.36. The Morgan fingerprint density at radius 2 is 2.40 bits per heavy atom. The van der Waals surface area contributed by atoms with Gasteiger partial charge in [-0.05, 0) is 30.4 Å². The summed E-state index contributed by atoms with van der Waals surface area (Å²) in [5, 5.41) is 2.11. The highest BCUT2D eigenvalue weighted by Crippen LogP contribution is 2.22. The molecule has 0 saturated heterocycles. The van der Waals surface area contributed by atoms with Crippen molar-refractivity contribution >= 4 is 11.3 Å². The molecule has 0 spiro atoms. The SMILES string of the molecule is CCc1ccsc1C(C)N. The minimum atomic E-state index is 0.204. The fraction of sp³-hybridized carbons (Fsp3) is 0.500. The zero-order chi connectivity index (χ0) is 7.56. The number of hydrogen-bond acceptors (Lipinski definition) is 2. The average molecular weight is 155 g/mol. The Labute approximate surface area is 65.9 Å².